The Labute approximate surface area is 162 Å². The molecule has 0 bridgehead atoms. The van der Waals surface area contributed by atoms with E-state index >= 15 is 0 Å². The first-order chi connectivity index (χ1) is 13.0. The van der Waals surface area contributed by atoms with Crippen LogP contribution in [0, 0.1) is 5.92 Å². The number of carbonyl (C=O) groups excluding carboxylic acids is 2. The SMILES string of the molecule is COC(=O)c1c(CC(C)C)csc1NC(=O)Cc1ccc2c(c1)OCCO2. The minimum Gasteiger partial charge on any atom is -0.486 e. The van der Waals surface area contributed by atoms with E-state index in [1.54, 1.807) is 0 Å². The highest BCUT2D eigenvalue weighted by atomic mass is 32.1. The van der Waals surface area contributed by atoms with Gasteiger partial charge in [0.15, 0.2) is 11.5 Å². The van der Waals surface area contributed by atoms with Gasteiger partial charge in [-0.15, -0.1) is 11.3 Å². The van der Waals surface area contributed by atoms with Crippen molar-refractivity contribution < 1.29 is 23.8 Å². The van der Waals surface area contributed by atoms with E-state index in [0.717, 1.165) is 17.5 Å². The molecular formula is C20H23NO5S. The largest absolute Gasteiger partial charge is 0.486 e. The van der Waals surface area contributed by atoms with Gasteiger partial charge in [0.05, 0.1) is 19.1 Å². The van der Waals surface area contributed by atoms with Crippen LogP contribution in [0.25, 0.3) is 0 Å². The number of fused-ring (bicyclic) bond motifs is 1. The third-order valence-corrected chi connectivity index (χ3v) is 5.05. The summed E-state index contributed by atoms with van der Waals surface area (Å²) >= 11 is 1.35. The van der Waals surface area contributed by atoms with Crippen LogP contribution in [0.15, 0.2) is 23.6 Å². The molecule has 1 aromatic carbocycles. The maximum atomic E-state index is 12.5. The summed E-state index contributed by atoms with van der Waals surface area (Å²) in [6, 6.07) is 5.46. The lowest BCUT2D eigenvalue weighted by molar-refractivity contribution is -0.115. The second-order valence-corrected chi connectivity index (χ2v) is 7.64. The Morgan fingerprint density at radius 1 is 1.22 bits per heavy atom. The number of benzene rings is 1. The van der Waals surface area contributed by atoms with E-state index in [1.807, 2.05) is 23.6 Å². The van der Waals surface area contributed by atoms with Gasteiger partial charge in [-0.3, -0.25) is 4.79 Å². The molecule has 3 rings (SSSR count). The van der Waals surface area contributed by atoms with Crippen LogP contribution >= 0.6 is 11.3 Å². The van der Waals surface area contributed by atoms with Crippen molar-refractivity contribution in [1.29, 1.82) is 0 Å². The summed E-state index contributed by atoms with van der Waals surface area (Å²) in [5, 5.41) is 5.29. The molecule has 1 N–H and O–H groups in total. The fourth-order valence-electron chi connectivity index (χ4n) is 2.96. The summed E-state index contributed by atoms with van der Waals surface area (Å²) in [4.78, 5) is 24.7. The van der Waals surface area contributed by atoms with Crippen molar-refractivity contribution in [3.05, 3.63) is 40.3 Å². The Morgan fingerprint density at radius 3 is 2.67 bits per heavy atom. The zero-order valence-corrected chi connectivity index (χ0v) is 16.5. The van der Waals surface area contributed by atoms with E-state index < -0.39 is 5.97 Å². The van der Waals surface area contributed by atoms with Crippen molar-refractivity contribution in [2.24, 2.45) is 5.92 Å². The van der Waals surface area contributed by atoms with Gasteiger partial charge >= 0.3 is 5.97 Å². The number of hydrogen-bond acceptors (Lipinski definition) is 6. The first-order valence-corrected chi connectivity index (χ1v) is 9.73. The summed E-state index contributed by atoms with van der Waals surface area (Å²) in [5.74, 6) is 1.10. The lowest BCUT2D eigenvalue weighted by Gasteiger charge is -2.18. The normalized spacial score (nSPS) is 12.7. The Morgan fingerprint density at radius 2 is 1.96 bits per heavy atom. The quantitative estimate of drug-likeness (QED) is 0.763. The van der Waals surface area contributed by atoms with Gasteiger partial charge in [-0.2, -0.15) is 0 Å². The monoisotopic (exact) mass is 389 g/mol. The van der Waals surface area contributed by atoms with E-state index in [2.05, 4.69) is 19.2 Å². The molecule has 27 heavy (non-hydrogen) atoms. The molecule has 7 heteroatoms. The van der Waals surface area contributed by atoms with Gasteiger partial charge in [0.2, 0.25) is 5.91 Å². The zero-order valence-electron chi connectivity index (χ0n) is 15.7. The number of carbonyl (C=O) groups is 2. The number of amides is 1. The van der Waals surface area contributed by atoms with E-state index in [9.17, 15) is 9.59 Å². The van der Waals surface area contributed by atoms with E-state index in [1.165, 1.54) is 18.4 Å². The molecule has 1 aliphatic rings. The van der Waals surface area contributed by atoms with Crippen molar-refractivity contribution in [3.8, 4) is 11.5 Å². The molecule has 1 amide bonds. The topological polar surface area (TPSA) is 73.9 Å². The highest BCUT2D eigenvalue weighted by molar-refractivity contribution is 7.15. The van der Waals surface area contributed by atoms with Crippen LogP contribution in [0.5, 0.6) is 11.5 Å². The van der Waals surface area contributed by atoms with Gasteiger partial charge in [0.1, 0.15) is 18.2 Å². The average molecular weight is 389 g/mol. The first kappa shape index (κ1) is 19.2. The third-order valence-electron chi connectivity index (χ3n) is 4.11. The molecule has 1 aromatic heterocycles. The predicted octanol–water partition coefficient (Wildman–Crippen LogP) is 3.69. The fourth-order valence-corrected chi connectivity index (χ4v) is 3.93. The molecule has 0 saturated carbocycles. The molecule has 0 atom stereocenters. The molecule has 0 radical (unpaired) electrons. The van der Waals surface area contributed by atoms with Gasteiger partial charge < -0.3 is 19.5 Å². The van der Waals surface area contributed by atoms with Gasteiger partial charge in [-0.25, -0.2) is 4.79 Å². The minimum atomic E-state index is -0.429. The smallest absolute Gasteiger partial charge is 0.341 e. The highest BCUT2D eigenvalue weighted by Crippen LogP contribution is 2.32. The fraction of sp³-hybridized carbons (Fsp3) is 0.400. The number of ether oxygens (including phenoxy) is 3. The summed E-state index contributed by atoms with van der Waals surface area (Å²) in [6.45, 7) is 5.19. The van der Waals surface area contributed by atoms with Gasteiger partial charge in [-0.05, 0) is 41.0 Å². The van der Waals surface area contributed by atoms with Crippen molar-refractivity contribution in [3.63, 3.8) is 0 Å². The lowest BCUT2D eigenvalue weighted by atomic mass is 10.0. The number of anilines is 1. The van der Waals surface area contributed by atoms with Crippen molar-refractivity contribution in [1.82, 2.24) is 0 Å². The number of rotatable bonds is 6. The Hall–Kier alpha value is -2.54. The molecule has 2 aromatic rings. The summed E-state index contributed by atoms with van der Waals surface area (Å²) in [7, 11) is 1.35. The summed E-state index contributed by atoms with van der Waals surface area (Å²) in [5.41, 5.74) is 2.17. The Balaban J connectivity index is 1.74. The molecule has 0 fully saturated rings. The highest BCUT2D eigenvalue weighted by Gasteiger charge is 2.22. The standard InChI is InChI=1S/C20H23NO5S/c1-12(2)8-14-11-27-19(18(14)20(23)24-3)21-17(22)10-13-4-5-15-16(9-13)26-7-6-25-15/h4-5,9,11-12H,6-8,10H2,1-3H3,(H,21,22). The lowest BCUT2D eigenvalue weighted by Crippen LogP contribution is -2.18. The van der Waals surface area contributed by atoms with Crippen molar-refractivity contribution >= 4 is 28.2 Å². The maximum absolute atomic E-state index is 12.5. The molecule has 0 unspecified atom stereocenters. The Bertz CT molecular complexity index is 843. The summed E-state index contributed by atoms with van der Waals surface area (Å²) < 4.78 is 16.0. The molecule has 0 spiro atoms. The van der Waals surface area contributed by atoms with Crippen LogP contribution in [0.1, 0.15) is 35.3 Å². The first-order valence-electron chi connectivity index (χ1n) is 8.85. The number of nitrogens with one attached hydrogen (secondary N) is 1. The predicted molar refractivity (Wildman–Crippen MR) is 104 cm³/mol. The van der Waals surface area contributed by atoms with Crippen LogP contribution in [-0.4, -0.2) is 32.2 Å². The molecule has 0 aliphatic carbocycles. The molecule has 1 aliphatic heterocycles. The van der Waals surface area contributed by atoms with Gasteiger partial charge in [0, 0.05) is 0 Å². The van der Waals surface area contributed by atoms with Crippen LogP contribution in [0.2, 0.25) is 0 Å². The van der Waals surface area contributed by atoms with Crippen LogP contribution < -0.4 is 14.8 Å². The Kier molecular flexibility index (Phi) is 6.01. The zero-order chi connectivity index (χ0) is 19.4. The molecular weight excluding hydrogens is 366 g/mol. The van der Waals surface area contributed by atoms with Crippen LogP contribution in [0.4, 0.5) is 5.00 Å². The molecule has 2 heterocycles. The maximum Gasteiger partial charge on any atom is 0.341 e. The number of esters is 1. The number of methoxy groups -OCH3 is 1. The molecule has 6 nitrogen and oxygen atoms in total. The van der Waals surface area contributed by atoms with Gasteiger partial charge in [-0.1, -0.05) is 19.9 Å². The minimum absolute atomic E-state index is 0.175. The van der Waals surface area contributed by atoms with Crippen molar-refractivity contribution in [2.45, 2.75) is 26.7 Å². The number of thiophene rings is 1. The summed E-state index contributed by atoms with van der Waals surface area (Å²) in [6.07, 6.45) is 0.924. The van der Waals surface area contributed by atoms with Crippen LogP contribution in [-0.2, 0) is 22.4 Å². The number of hydrogen-bond donors (Lipinski definition) is 1. The van der Waals surface area contributed by atoms with Crippen LogP contribution in [0.3, 0.4) is 0 Å². The van der Waals surface area contributed by atoms with E-state index in [4.69, 9.17) is 14.2 Å². The van der Waals surface area contributed by atoms with Crippen molar-refractivity contribution in [2.75, 3.05) is 25.6 Å². The molecule has 144 valence electrons. The van der Waals surface area contributed by atoms with E-state index in [0.29, 0.717) is 41.2 Å². The second kappa shape index (κ2) is 8.43. The van der Waals surface area contributed by atoms with Gasteiger partial charge in [0.25, 0.3) is 0 Å². The second-order valence-electron chi connectivity index (χ2n) is 6.76. The average Bonchev–Trinajstić information content (AvgIpc) is 3.02. The van der Waals surface area contributed by atoms with E-state index in [-0.39, 0.29) is 12.3 Å². The molecule has 0 saturated heterocycles. The third kappa shape index (κ3) is 4.60.